The van der Waals surface area contributed by atoms with E-state index >= 15 is 0 Å². The Bertz CT molecular complexity index is 557. The molecule has 1 rings (SSSR count). The summed E-state index contributed by atoms with van der Waals surface area (Å²) in [6.07, 6.45) is 1.12. The molecule has 0 saturated heterocycles. The molecule has 0 saturated carbocycles. The van der Waals surface area contributed by atoms with Gasteiger partial charge < -0.3 is 5.32 Å². The van der Waals surface area contributed by atoms with Crippen LogP contribution in [0.2, 0.25) is 0 Å². The lowest BCUT2D eigenvalue weighted by atomic mass is 10.1. The van der Waals surface area contributed by atoms with E-state index < -0.39 is 9.84 Å². The van der Waals surface area contributed by atoms with Crippen LogP contribution in [0.1, 0.15) is 24.2 Å². The van der Waals surface area contributed by atoms with Gasteiger partial charge in [0.05, 0.1) is 4.90 Å². The molecule has 1 aromatic carbocycles. The highest BCUT2D eigenvalue weighted by Crippen LogP contribution is 2.12. The summed E-state index contributed by atoms with van der Waals surface area (Å²) in [4.78, 5) is 12.2. The highest BCUT2D eigenvalue weighted by Gasteiger charge is 2.16. The minimum atomic E-state index is -3.30. The van der Waals surface area contributed by atoms with Crippen LogP contribution in [-0.4, -0.2) is 32.0 Å². The molecule has 0 aromatic heterocycles. The molecule has 0 aliphatic carbocycles. The van der Waals surface area contributed by atoms with Crippen molar-refractivity contribution in [1.29, 1.82) is 0 Å². The molecule has 0 heterocycles. The molecule has 0 fully saturated rings. The van der Waals surface area contributed by atoms with Crippen molar-refractivity contribution in [2.45, 2.75) is 24.8 Å². The first-order chi connectivity index (χ1) is 8.75. The number of hydrogen-bond donors (Lipinski definition) is 1. The highest BCUT2D eigenvalue weighted by atomic mass is 79.9. The fourth-order valence-electron chi connectivity index (χ4n) is 1.43. The number of alkyl halides is 1. The molecule has 6 heteroatoms. The molecule has 1 aromatic rings. The second kappa shape index (κ2) is 6.52. The molecule has 0 radical (unpaired) electrons. The van der Waals surface area contributed by atoms with Crippen molar-refractivity contribution in [2.24, 2.45) is 5.92 Å². The summed E-state index contributed by atoms with van der Waals surface area (Å²) in [5.41, 5.74) is 0.358. The van der Waals surface area contributed by atoms with Crippen LogP contribution in [0.15, 0.2) is 29.2 Å². The SMILES string of the molecule is CC(CBr)C(C)NC(=O)c1cccc(S(C)(=O)=O)c1. The summed E-state index contributed by atoms with van der Waals surface area (Å²) >= 11 is 3.37. The fourth-order valence-corrected chi connectivity index (χ4v) is 2.66. The maximum Gasteiger partial charge on any atom is 0.251 e. The first-order valence-corrected chi connectivity index (χ1v) is 8.94. The van der Waals surface area contributed by atoms with Crippen molar-refractivity contribution < 1.29 is 13.2 Å². The Morgan fingerprint density at radius 3 is 2.53 bits per heavy atom. The van der Waals surface area contributed by atoms with E-state index in [0.29, 0.717) is 11.5 Å². The van der Waals surface area contributed by atoms with Gasteiger partial charge >= 0.3 is 0 Å². The normalized spacial score (nSPS) is 14.7. The Hall–Kier alpha value is -0.880. The number of sulfone groups is 1. The zero-order chi connectivity index (χ0) is 14.6. The lowest BCUT2D eigenvalue weighted by Crippen LogP contribution is -2.37. The van der Waals surface area contributed by atoms with Gasteiger partial charge in [0.25, 0.3) is 5.91 Å². The van der Waals surface area contributed by atoms with E-state index in [4.69, 9.17) is 0 Å². The summed E-state index contributed by atoms with van der Waals surface area (Å²) in [7, 11) is -3.30. The molecule has 0 bridgehead atoms. The van der Waals surface area contributed by atoms with Gasteiger partial charge in [0.15, 0.2) is 9.84 Å². The predicted molar refractivity (Wildman–Crippen MR) is 79.4 cm³/mol. The third kappa shape index (κ3) is 4.62. The second-order valence-electron chi connectivity index (χ2n) is 4.69. The maximum atomic E-state index is 12.0. The Morgan fingerprint density at radius 2 is 2.00 bits per heavy atom. The van der Waals surface area contributed by atoms with Crippen LogP contribution in [0.5, 0.6) is 0 Å². The highest BCUT2D eigenvalue weighted by molar-refractivity contribution is 9.09. The van der Waals surface area contributed by atoms with Crippen LogP contribution in [0.25, 0.3) is 0 Å². The molecule has 0 aliphatic rings. The first kappa shape index (κ1) is 16.2. The lowest BCUT2D eigenvalue weighted by molar-refractivity contribution is 0.0931. The van der Waals surface area contributed by atoms with Gasteiger partial charge in [-0.25, -0.2) is 8.42 Å². The Kier molecular flexibility index (Phi) is 5.55. The Labute approximate surface area is 122 Å². The third-order valence-corrected chi connectivity index (χ3v) is 5.11. The monoisotopic (exact) mass is 347 g/mol. The molecule has 106 valence electrons. The fraction of sp³-hybridized carbons (Fsp3) is 0.462. The number of carbonyl (C=O) groups is 1. The van der Waals surface area contributed by atoms with Gasteiger partial charge in [-0.3, -0.25) is 4.79 Å². The predicted octanol–water partition coefficient (Wildman–Crippen LogP) is 2.24. The molecule has 19 heavy (non-hydrogen) atoms. The summed E-state index contributed by atoms with van der Waals surface area (Å²) in [5.74, 6) is 0.0350. The van der Waals surface area contributed by atoms with E-state index in [1.807, 2.05) is 13.8 Å². The van der Waals surface area contributed by atoms with Crippen LogP contribution in [0, 0.1) is 5.92 Å². The van der Waals surface area contributed by atoms with E-state index in [2.05, 4.69) is 21.2 Å². The van der Waals surface area contributed by atoms with Gasteiger partial charge in [-0.15, -0.1) is 0 Å². The molecular formula is C13H18BrNO3S. The van der Waals surface area contributed by atoms with Crippen LogP contribution in [-0.2, 0) is 9.84 Å². The molecule has 2 atom stereocenters. The number of hydrogen-bond acceptors (Lipinski definition) is 3. The van der Waals surface area contributed by atoms with Crippen LogP contribution in [0.4, 0.5) is 0 Å². The summed E-state index contributed by atoms with van der Waals surface area (Å²) < 4.78 is 22.9. The summed E-state index contributed by atoms with van der Waals surface area (Å²) in [6.45, 7) is 3.94. The smallest absolute Gasteiger partial charge is 0.251 e. The summed E-state index contributed by atoms with van der Waals surface area (Å²) in [6, 6.07) is 6.07. The van der Waals surface area contributed by atoms with Gasteiger partial charge in [0, 0.05) is 23.2 Å². The number of nitrogens with one attached hydrogen (secondary N) is 1. The Morgan fingerprint density at radius 1 is 1.37 bits per heavy atom. The zero-order valence-corrected chi connectivity index (χ0v) is 13.6. The van der Waals surface area contributed by atoms with Gasteiger partial charge in [-0.05, 0) is 31.0 Å². The molecule has 4 nitrogen and oxygen atoms in total. The van der Waals surface area contributed by atoms with Crippen LogP contribution < -0.4 is 5.32 Å². The topological polar surface area (TPSA) is 63.2 Å². The summed E-state index contributed by atoms with van der Waals surface area (Å²) in [5, 5.41) is 3.65. The minimum Gasteiger partial charge on any atom is -0.349 e. The number of halogens is 1. The van der Waals surface area contributed by atoms with E-state index in [1.165, 1.54) is 12.1 Å². The number of rotatable bonds is 5. The Balaban J connectivity index is 2.90. The van der Waals surface area contributed by atoms with E-state index in [-0.39, 0.29) is 16.8 Å². The van der Waals surface area contributed by atoms with Crippen molar-refractivity contribution in [1.82, 2.24) is 5.32 Å². The van der Waals surface area contributed by atoms with Crippen LogP contribution in [0.3, 0.4) is 0 Å². The van der Waals surface area contributed by atoms with Crippen molar-refractivity contribution in [3.8, 4) is 0 Å². The van der Waals surface area contributed by atoms with E-state index in [9.17, 15) is 13.2 Å². The van der Waals surface area contributed by atoms with Crippen molar-refractivity contribution in [2.75, 3.05) is 11.6 Å². The number of carbonyl (C=O) groups excluding carboxylic acids is 1. The largest absolute Gasteiger partial charge is 0.349 e. The second-order valence-corrected chi connectivity index (χ2v) is 7.36. The third-order valence-electron chi connectivity index (χ3n) is 2.98. The van der Waals surface area contributed by atoms with E-state index in [1.54, 1.807) is 12.1 Å². The standard InChI is InChI=1S/C13H18BrNO3S/c1-9(8-14)10(2)15-13(16)11-5-4-6-12(7-11)19(3,17)18/h4-7,9-10H,8H2,1-3H3,(H,15,16). The zero-order valence-electron chi connectivity index (χ0n) is 11.2. The maximum absolute atomic E-state index is 12.0. The van der Waals surface area contributed by atoms with Gasteiger partial charge in [0.1, 0.15) is 0 Å². The number of benzene rings is 1. The average molecular weight is 348 g/mol. The van der Waals surface area contributed by atoms with Gasteiger partial charge in [0.2, 0.25) is 0 Å². The molecule has 0 aliphatic heterocycles. The molecular weight excluding hydrogens is 330 g/mol. The average Bonchev–Trinajstić information content (AvgIpc) is 2.36. The number of amides is 1. The molecule has 2 unspecified atom stereocenters. The first-order valence-electron chi connectivity index (χ1n) is 5.92. The van der Waals surface area contributed by atoms with Crippen LogP contribution >= 0.6 is 15.9 Å². The minimum absolute atomic E-state index is 0.00812. The quantitative estimate of drug-likeness (QED) is 0.830. The van der Waals surface area contributed by atoms with Gasteiger partial charge in [-0.2, -0.15) is 0 Å². The van der Waals surface area contributed by atoms with Gasteiger partial charge in [-0.1, -0.05) is 28.9 Å². The lowest BCUT2D eigenvalue weighted by Gasteiger charge is -2.19. The molecule has 0 spiro atoms. The molecule has 1 N–H and O–H groups in total. The van der Waals surface area contributed by atoms with E-state index in [0.717, 1.165) is 11.6 Å². The van der Waals surface area contributed by atoms with Crippen molar-refractivity contribution >= 4 is 31.7 Å². The molecule has 1 amide bonds. The van der Waals surface area contributed by atoms with Crippen molar-refractivity contribution in [3.05, 3.63) is 29.8 Å². The van der Waals surface area contributed by atoms with Crippen molar-refractivity contribution in [3.63, 3.8) is 0 Å².